The standard InChI is InChI=1S/C16H17NO3/c1-19-16(18)13-7-14(20-10-13)9-17-8-12-6-11-4-2-3-5-15(11)12/h2-5,7,10,12,17H,6,8-9H2,1H3. The quantitative estimate of drug-likeness (QED) is 0.849. The summed E-state index contributed by atoms with van der Waals surface area (Å²) in [4.78, 5) is 11.3. The molecule has 1 atom stereocenters. The van der Waals surface area contributed by atoms with Crippen LogP contribution in [0.1, 0.15) is 33.2 Å². The molecule has 2 aromatic rings. The molecule has 1 aliphatic carbocycles. The minimum Gasteiger partial charge on any atom is -0.467 e. The smallest absolute Gasteiger partial charge is 0.341 e. The summed E-state index contributed by atoms with van der Waals surface area (Å²) in [6.07, 6.45) is 2.57. The van der Waals surface area contributed by atoms with Crippen molar-refractivity contribution in [3.05, 3.63) is 59.0 Å². The van der Waals surface area contributed by atoms with Gasteiger partial charge in [0.05, 0.1) is 19.2 Å². The van der Waals surface area contributed by atoms with E-state index in [1.165, 1.54) is 24.5 Å². The van der Waals surface area contributed by atoms with Crippen molar-refractivity contribution < 1.29 is 13.9 Å². The molecule has 0 radical (unpaired) electrons. The Hall–Kier alpha value is -2.07. The highest BCUT2D eigenvalue weighted by molar-refractivity contribution is 5.88. The Morgan fingerprint density at radius 3 is 3.10 bits per heavy atom. The molecular formula is C16H17NO3. The van der Waals surface area contributed by atoms with Gasteiger partial charge >= 0.3 is 5.97 Å². The fourth-order valence-electron chi connectivity index (χ4n) is 2.61. The first kappa shape index (κ1) is 12.9. The molecule has 0 fully saturated rings. The minimum atomic E-state index is -0.368. The van der Waals surface area contributed by atoms with Crippen molar-refractivity contribution >= 4 is 5.97 Å². The summed E-state index contributed by atoms with van der Waals surface area (Å²) in [5.74, 6) is 0.965. The second kappa shape index (κ2) is 5.51. The molecule has 0 spiro atoms. The maximum absolute atomic E-state index is 11.3. The Morgan fingerprint density at radius 2 is 2.30 bits per heavy atom. The van der Waals surface area contributed by atoms with Gasteiger partial charge in [-0.2, -0.15) is 0 Å². The third-order valence-electron chi connectivity index (χ3n) is 3.73. The lowest BCUT2D eigenvalue weighted by Crippen LogP contribution is -2.28. The molecule has 4 heteroatoms. The predicted molar refractivity (Wildman–Crippen MR) is 74.6 cm³/mol. The van der Waals surface area contributed by atoms with Crippen LogP contribution in [0.5, 0.6) is 0 Å². The van der Waals surface area contributed by atoms with Crippen molar-refractivity contribution in [1.82, 2.24) is 5.32 Å². The van der Waals surface area contributed by atoms with Gasteiger partial charge in [0.25, 0.3) is 0 Å². The topological polar surface area (TPSA) is 51.5 Å². The summed E-state index contributed by atoms with van der Waals surface area (Å²) in [6, 6.07) is 10.3. The van der Waals surface area contributed by atoms with Crippen molar-refractivity contribution in [2.45, 2.75) is 18.9 Å². The van der Waals surface area contributed by atoms with Crippen LogP contribution in [0.3, 0.4) is 0 Å². The van der Waals surface area contributed by atoms with Crippen LogP contribution < -0.4 is 5.32 Å². The normalized spacial score (nSPS) is 16.4. The third-order valence-corrected chi connectivity index (χ3v) is 3.73. The van der Waals surface area contributed by atoms with E-state index in [1.54, 1.807) is 6.07 Å². The van der Waals surface area contributed by atoms with Gasteiger partial charge in [0, 0.05) is 12.5 Å². The number of carbonyl (C=O) groups excluding carboxylic acids is 1. The number of fused-ring (bicyclic) bond motifs is 1. The molecule has 0 aliphatic heterocycles. The molecule has 0 saturated heterocycles. The summed E-state index contributed by atoms with van der Waals surface area (Å²) in [7, 11) is 1.36. The first-order valence-electron chi connectivity index (χ1n) is 6.72. The Balaban J connectivity index is 1.49. The Morgan fingerprint density at radius 1 is 1.45 bits per heavy atom. The second-order valence-corrected chi connectivity index (χ2v) is 5.02. The van der Waals surface area contributed by atoms with E-state index in [-0.39, 0.29) is 5.97 Å². The summed E-state index contributed by atoms with van der Waals surface area (Å²) in [6.45, 7) is 1.54. The highest BCUT2D eigenvalue weighted by Crippen LogP contribution is 2.34. The van der Waals surface area contributed by atoms with Gasteiger partial charge in [-0.25, -0.2) is 4.79 Å². The molecule has 3 rings (SSSR count). The van der Waals surface area contributed by atoms with Crippen molar-refractivity contribution in [3.8, 4) is 0 Å². The van der Waals surface area contributed by atoms with E-state index in [9.17, 15) is 4.79 Å². The average molecular weight is 271 g/mol. The molecule has 1 unspecified atom stereocenters. The average Bonchev–Trinajstić information content (AvgIpc) is 2.92. The van der Waals surface area contributed by atoms with Crippen LogP contribution in [0.4, 0.5) is 0 Å². The fraction of sp³-hybridized carbons (Fsp3) is 0.312. The Kier molecular flexibility index (Phi) is 3.56. The fourth-order valence-corrected chi connectivity index (χ4v) is 2.61. The van der Waals surface area contributed by atoms with Crippen LogP contribution in [0, 0.1) is 0 Å². The monoisotopic (exact) mass is 271 g/mol. The van der Waals surface area contributed by atoms with E-state index >= 15 is 0 Å². The maximum Gasteiger partial charge on any atom is 0.341 e. The zero-order valence-electron chi connectivity index (χ0n) is 11.4. The molecule has 1 aromatic heterocycles. The van der Waals surface area contributed by atoms with Gasteiger partial charge in [0.1, 0.15) is 12.0 Å². The molecule has 0 saturated carbocycles. The molecule has 104 valence electrons. The molecule has 20 heavy (non-hydrogen) atoms. The van der Waals surface area contributed by atoms with E-state index in [0.29, 0.717) is 18.0 Å². The molecule has 4 nitrogen and oxygen atoms in total. The highest BCUT2D eigenvalue weighted by Gasteiger charge is 2.24. The van der Waals surface area contributed by atoms with Crippen molar-refractivity contribution in [2.24, 2.45) is 0 Å². The van der Waals surface area contributed by atoms with Gasteiger partial charge in [0.15, 0.2) is 0 Å². The lowest BCUT2D eigenvalue weighted by Gasteiger charge is -2.30. The summed E-state index contributed by atoms with van der Waals surface area (Å²) < 4.78 is 9.97. The molecule has 1 N–H and O–H groups in total. The maximum atomic E-state index is 11.3. The van der Waals surface area contributed by atoms with E-state index in [1.807, 2.05) is 0 Å². The SMILES string of the molecule is COC(=O)c1coc(CNCC2Cc3ccccc32)c1. The summed E-state index contributed by atoms with van der Waals surface area (Å²) >= 11 is 0. The first-order valence-corrected chi connectivity index (χ1v) is 6.72. The van der Waals surface area contributed by atoms with Crippen LogP contribution in [0.25, 0.3) is 0 Å². The number of ether oxygens (including phenoxy) is 1. The lowest BCUT2D eigenvalue weighted by molar-refractivity contribution is 0.0600. The second-order valence-electron chi connectivity index (χ2n) is 5.02. The largest absolute Gasteiger partial charge is 0.467 e. The number of methoxy groups -OCH3 is 1. The number of hydrogen-bond donors (Lipinski definition) is 1. The number of rotatable bonds is 5. The van der Waals surface area contributed by atoms with E-state index in [2.05, 4.69) is 34.3 Å². The van der Waals surface area contributed by atoms with E-state index < -0.39 is 0 Å². The molecule has 1 heterocycles. The number of furan rings is 1. The van der Waals surface area contributed by atoms with Crippen LogP contribution in [-0.4, -0.2) is 19.6 Å². The zero-order valence-corrected chi connectivity index (χ0v) is 11.4. The van der Waals surface area contributed by atoms with Gasteiger partial charge in [-0.05, 0) is 23.6 Å². The molecule has 1 aliphatic rings. The summed E-state index contributed by atoms with van der Waals surface area (Å²) in [5, 5.41) is 3.37. The van der Waals surface area contributed by atoms with Gasteiger partial charge in [0.2, 0.25) is 0 Å². The Labute approximate surface area is 117 Å². The highest BCUT2D eigenvalue weighted by atomic mass is 16.5. The Bertz CT molecular complexity index is 618. The van der Waals surface area contributed by atoms with Crippen LogP contribution in [-0.2, 0) is 17.7 Å². The minimum absolute atomic E-state index is 0.368. The summed E-state index contributed by atoms with van der Waals surface area (Å²) in [5.41, 5.74) is 3.35. The van der Waals surface area contributed by atoms with Crippen LogP contribution in [0.15, 0.2) is 41.0 Å². The van der Waals surface area contributed by atoms with Gasteiger partial charge in [-0.3, -0.25) is 0 Å². The third kappa shape index (κ3) is 2.47. The van der Waals surface area contributed by atoms with Crippen molar-refractivity contribution in [1.29, 1.82) is 0 Å². The van der Waals surface area contributed by atoms with Crippen molar-refractivity contribution in [3.63, 3.8) is 0 Å². The molecule has 0 amide bonds. The van der Waals surface area contributed by atoms with E-state index in [0.717, 1.165) is 18.7 Å². The number of carbonyl (C=O) groups is 1. The van der Waals surface area contributed by atoms with Gasteiger partial charge in [-0.1, -0.05) is 24.3 Å². The van der Waals surface area contributed by atoms with Gasteiger partial charge < -0.3 is 14.5 Å². The predicted octanol–water partition coefficient (Wildman–Crippen LogP) is 2.50. The lowest BCUT2D eigenvalue weighted by atomic mass is 9.77. The number of esters is 1. The number of benzene rings is 1. The molecule has 0 bridgehead atoms. The molecular weight excluding hydrogens is 254 g/mol. The molecule has 1 aromatic carbocycles. The number of nitrogens with one attached hydrogen (secondary N) is 1. The number of hydrogen-bond acceptors (Lipinski definition) is 4. The van der Waals surface area contributed by atoms with Crippen LogP contribution >= 0.6 is 0 Å². The van der Waals surface area contributed by atoms with Crippen molar-refractivity contribution in [2.75, 3.05) is 13.7 Å². The van der Waals surface area contributed by atoms with Gasteiger partial charge in [-0.15, -0.1) is 0 Å². The first-order chi connectivity index (χ1) is 9.78. The van der Waals surface area contributed by atoms with E-state index in [4.69, 9.17) is 4.42 Å². The van der Waals surface area contributed by atoms with Crippen LogP contribution in [0.2, 0.25) is 0 Å². The zero-order chi connectivity index (χ0) is 13.9.